The number of amidine groups is 2. The van der Waals surface area contributed by atoms with E-state index < -0.39 is 18.2 Å². The average molecular weight is 551 g/mol. The van der Waals surface area contributed by atoms with E-state index >= 15 is 0 Å². The van der Waals surface area contributed by atoms with E-state index in [2.05, 4.69) is 5.48 Å². The van der Waals surface area contributed by atoms with Crippen molar-refractivity contribution in [2.24, 2.45) is 9.98 Å². The van der Waals surface area contributed by atoms with Gasteiger partial charge in [0, 0.05) is 36.9 Å². The third kappa shape index (κ3) is 6.00. The number of alkyl halides is 1. The molecule has 2 aromatic rings. The van der Waals surface area contributed by atoms with Crippen LogP contribution in [0.25, 0.3) is 0 Å². The van der Waals surface area contributed by atoms with Crippen molar-refractivity contribution >= 4 is 23.0 Å². The van der Waals surface area contributed by atoms with Gasteiger partial charge in [0.05, 0.1) is 5.69 Å². The molecule has 1 saturated heterocycles. The molecule has 210 valence electrons. The number of epoxide rings is 1. The number of hydroxylamine groups is 1. The number of aliphatic imine (C=N–C) groups is 2. The molecule has 1 fully saturated rings. The lowest BCUT2D eigenvalue weighted by Crippen LogP contribution is -2.41. The maximum atomic E-state index is 13.7. The first kappa shape index (κ1) is 26.8. The molecule has 40 heavy (non-hydrogen) atoms. The number of hydrogen-bond donors (Lipinski definition) is 3. The smallest absolute Gasteiger partial charge is 0.189 e. The highest BCUT2D eigenvalue weighted by atomic mass is 19.1. The summed E-state index contributed by atoms with van der Waals surface area (Å²) < 4.78 is 32.3. The lowest BCUT2D eigenvalue weighted by molar-refractivity contribution is 0.0268. The van der Waals surface area contributed by atoms with Gasteiger partial charge in [-0.2, -0.15) is 0 Å². The van der Waals surface area contributed by atoms with E-state index in [1.54, 1.807) is 29.2 Å². The van der Waals surface area contributed by atoms with Crippen molar-refractivity contribution in [2.75, 3.05) is 18.1 Å². The molecule has 4 unspecified atom stereocenters. The van der Waals surface area contributed by atoms with Crippen molar-refractivity contribution in [3.63, 3.8) is 0 Å². The molecule has 3 heterocycles. The zero-order valence-electron chi connectivity index (χ0n) is 22.0. The van der Waals surface area contributed by atoms with E-state index in [0.717, 1.165) is 29.5 Å². The first-order chi connectivity index (χ1) is 19.4. The van der Waals surface area contributed by atoms with Crippen molar-refractivity contribution in [2.45, 2.75) is 62.8 Å². The van der Waals surface area contributed by atoms with Gasteiger partial charge in [0.15, 0.2) is 11.6 Å². The van der Waals surface area contributed by atoms with E-state index in [-0.39, 0.29) is 11.9 Å². The van der Waals surface area contributed by atoms with Gasteiger partial charge in [-0.25, -0.2) is 19.3 Å². The Labute approximate surface area is 231 Å². The fourth-order valence-corrected chi connectivity index (χ4v) is 5.22. The maximum absolute atomic E-state index is 13.7. The molecule has 0 saturated carbocycles. The molecule has 3 N–H and O–H groups in total. The summed E-state index contributed by atoms with van der Waals surface area (Å²) in [6.07, 6.45) is 6.45. The summed E-state index contributed by atoms with van der Waals surface area (Å²) in [7, 11) is 0. The van der Waals surface area contributed by atoms with Gasteiger partial charge < -0.3 is 19.8 Å². The Balaban J connectivity index is 1.30. The average Bonchev–Trinajstić information content (AvgIpc) is 3.72. The van der Waals surface area contributed by atoms with Crippen LogP contribution in [0.3, 0.4) is 0 Å². The molecule has 0 spiro atoms. The Morgan fingerprint density at radius 3 is 2.73 bits per heavy atom. The van der Waals surface area contributed by atoms with Gasteiger partial charge in [-0.1, -0.05) is 30.4 Å². The standard InChI is InChI=1S/C30H32F2N4O4/c31-22-8-6-19(7-9-22)26-17-40-35-29(34-26)21-5-4-20-16-28(37)36(24-12-10-23(32)11-13-24)27(33-25(20)15-21)3-1-2-14-30(38)18-39-30/h4-8,10-13,15,22,26,28,37-38H,1-3,9,14,16-18H2,(H,34,35). The Kier molecular flexibility index (Phi) is 7.50. The van der Waals surface area contributed by atoms with Crippen LogP contribution in [0, 0.1) is 5.82 Å². The van der Waals surface area contributed by atoms with Crippen LogP contribution in [0.2, 0.25) is 0 Å². The van der Waals surface area contributed by atoms with Crippen LogP contribution in [0.4, 0.5) is 20.2 Å². The molecule has 2 aromatic carbocycles. The number of nitrogens with zero attached hydrogens (tertiary/aromatic N) is 3. The molecule has 0 amide bonds. The topological polar surface area (TPSA) is 102 Å². The normalized spacial score (nSPS) is 27.6. The summed E-state index contributed by atoms with van der Waals surface area (Å²) in [5.41, 5.74) is 6.79. The molecule has 1 aliphatic carbocycles. The number of aliphatic hydroxyl groups is 2. The lowest BCUT2D eigenvalue weighted by Gasteiger charge is -2.30. The van der Waals surface area contributed by atoms with Crippen molar-refractivity contribution in [3.05, 3.63) is 83.2 Å². The Bertz CT molecular complexity index is 1370. The zero-order valence-corrected chi connectivity index (χ0v) is 22.0. The summed E-state index contributed by atoms with van der Waals surface area (Å²) in [6.45, 7) is 0.694. The number of hydrogen-bond acceptors (Lipinski definition) is 8. The highest BCUT2D eigenvalue weighted by Gasteiger charge is 2.41. The number of allylic oxidation sites excluding steroid dienone is 2. The third-order valence-corrected chi connectivity index (χ3v) is 7.54. The Morgan fingerprint density at radius 1 is 1.15 bits per heavy atom. The number of fused-ring (bicyclic) bond motifs is 1. The van der Waals surface area contributed by atoms with Crippen LogP contribution in [0.15, 0.2) is 76.3 Å². The van der Waals surface area contributed by atoms with Crippen LogP contribution in [-0.4, -0.2) is 59.3 Å². The van der Waals surface area contributed by atoms with Gasteiger partial charge >= 0.3 is 0 Å². The van der Waals surface area contributed by atoms with E-state index in [1.165, 1.54) is 12.1 Å². The van der Waals surface area contributed by atoms with Crippen molar-refractivity contribution in [3.8, 4) is 0 Å². The number of nitrogens with one attached hydrogen (secondary N) is 1. The maximum Gasteiger partial charge on any atom is 0.189 e. The summed E-state index contributed by atoms with van der Waals surface area (Å²) in [4.78, 5) is 17.2. The summed E-state index contributed by atoms with van der Waals surface area (Å²) in [5.74, 6) is -0.175. The predicted molar refractivity (Wildman–Crippen MR) is 148 cm³/mol. The number of aliphatic hydroxyl groups excluding tert-OH is 1. The minimum atomic E-state index is -1.01. The quantitative estimate of drug-likeness (QED) is 0.333. The fraction of sp³-hybridized carbons (Fsp3) is 0.400. The second-order valence-electron chi connectivity index (χ2n) is 10.6. The third-order valence-electron chi connectivity index (χ3n) is 7.54. The SMILES string of the molecule is OC1Cc2ccc(C3=NC(C4=CCC(F)C=C4)CON3)cc2N=C(CCCCC2(O)CO2)N1c1ccc(F)cc1. The number of ether oxygens (including phenoxy) is 1. The molecule has 4 aliphatic rings. The van der Waals surface area contributed by atoms with E-state index in [4.69, 9.17) is 19.6 Å². The van der Waals surface area contributed by atoms with Gasteiger partial charge in [0.2, 0.25) is 0 Å². The second-order valence-corrected chi connectivity index (χ2v) is 10.6. The molecule has 0 radical (unpaired) electrons. The van der Waals surface area contributed by atoms with Crippen molar-refractivity contribution in [1.29, 1.82) is 0 Å². The van der Waals surface area contributed by atoms with Crippen molar-refractivity contribution < 1.29 is 28.6 Å². The van der Waals surface area contributed by atoms with Gasteiger partial charge in [-0.3, -0.25) is 9.83 Å². The highest BCUT2D eigenvalue weighted by molar-refractivity contribution is 6.02. The fourth-order valence-electron chi connectivity index (χ4n) is 5.22. The van der Waals surface area contributed by atoms with Crippen LogP contribution >= 0.6 is 0 Å². The molecule has 10 heteroatoms. The number of anilines is 1. The van der Waals surface area contributed by atoms with Crippen molar-refractivity contribution in [1.82, 2.24) is 5.48 Å². The minimum absolute atomic E-state index is 0.251. The van der Waals surface area contributed by atoms with Gasteiger partial charge in [0.1, 0.15) is 43.3 Å². The van der Waals surface area contributed by atoms with Crippen LogP contribution in [0.5, 0.6) is 0 Å². The summed E-state index contributed by atoms with van der Waals surface area (Å²) in [5, 5.41) is 21.3. The largest absolute Gasteiger partial charge is 0.373 e. The lowest BCUT2D eigenvalue weighted by atomic mass is 9.99. The molecule has 0 aromatic heterocycles. The zero-order chi connectivity index (χ0) is 27.7. The number of rotatable bonds is 8. The van der Waals surface area contributed by atoms with Gasteiger partial charge in [0.25, 0.3) is 0 Å². The van der Waals surface area contributed by atoms with Crippen LogP contribution in [0.1, 0.15) is 43.2 Å². The molecular weight excluding hydrogens is 518 g/mol. The summed E-state index contributed by atoms with van der Waals surface area (Å²) >= 11 is 0. The number of unbranched alkanes of at least 4 members (excludes halogenated alkanes) is 1. The van der Waals surface area contributed by atoms with Crippen LogP contribution < -0.4 is 10.4 Å². The summed E-state index contributed by atoms with van der Waals surface area (Å²) in [6, 6.07) is 11.5. The van der Waals surface area contributed by atoms with Gasteiger partial charge in [-0.05, 0) is 54.3 Å². The van der Waals surface area contributed by atoms with E-state index in [0.29, 0.717) is 61.9 Å². The van der Waals surface area contributed by atoms with E-state index in [1.807, 2.05) is 24.3 Å². The second kappa shape index (κ2) is 11.2. The van der Waals surface area contributed by atoms with E-state index in [9.17, 15) is 19.0 Å². The first-order valence-electron chi connectivity index (χ1n) is 13.6. The molecule has 3 aliphatic heterocycles. The molecule has 0 bridgehead atoms. The molecule has 8 nitrogen and oxygen atoms in total. The monoisotopic (exact) mass is 550 g/mol. The first-order valence-corrected chi connectivity index (χ1v) is 13.6. The number of halogens is 2. The molecule has 6 rings (SSSR count). The highest BCUT2D eigenvalue weighted by Crippen LogP contribution is 2.33. The predicted octanol–water partition coefficient (Wildman–Crippen LogP) is 4.39. The molecule has 4 atom stereocenters. The molecular formula is C30H32F2N4O4. The Morgan fingerprint density at radius 2 is 1.98 bits per heavy atom. The number of benzene rings is 2. The van der Waals surface area contributed by atoms with Crippen LogP contribution in [-0.2, 0) is 16.0 Å². The Hall–Kier alpha value is -3.44. The minimum Gasteiger partial charge on any atom is -0.373 e. The van der Waals surface area contributed by atoms with Gasteiger partial charge in [-0.15, -0.1) is 0 Å².